The number of alkyl halides is 3. The first-order valence-corrected chi connectivity index (χ1v) is 5.85. The zero-order chi connectivity index (χ0) is 15.5. The average molecular weight is 301 g/mol. The van der Waals surface area contributed by atoms with Gasteiger partial charge in [-0.25, -0.2) is 4.79 Å². The Hall–Kier alpha value is -2.58. The van der Waals surface area contributed by atoms with E-state index in [0.29, 0.717) is 5.69 Å². The highest BCUT2D eigenvalue weighted by molar-refractivity contribution is 5.85. The molecule has 1 amide bonds. The summed E-state index contributed by atoms with van der Waals surface area (Å²) >= 11 is 0. The van der Waals surface area contributed by atoms with Crippen molar-refractivity contribution in [1.82, 2.24) is 10.1 Å². The van der Waals surface area contributed by atoms with Gasteiger partial charge in [0, 0.05) is 11.3 Å². The van der Waals surface area contributed by atoms with Gasteiger partial charge in [0.2, 0.25) is 5.82 Å². The van der Waals surface area contributed by atoms with Crippen molar-refractivity contribution in [3.8, 4) is 11.4 Å². The Morgan fingerprint density at radius 3 is 2.81 bits per heavy atom. The van der Waals surface area contributed by atoms with Crippen LogP contribution in [0.3, 0.4) is 0 Å². The molecule has 112 valence electrons. The van der Waals surface area contributed by atoms with Gasteiger partial charge in [0.1, 0.15) is 0 Å². The highest BCUT2D eigenvalue weighted by Gasteiger charge is 2.38. The van der Waals surface area contributed by atoms with E-state index in [9.17, 15) is 18.0 Å². The van der Waals surface area contributed by atoms with Crippen molar-refractivity contribution < 1.29 is 27.2 Å². The molecule has 9 heteroatoms. The van der Waals surface area contributed by atoms with Gasteiger partial charge < -0.3 is 9.26 Å². The molecule has 0 saturated heterocycles. The molecule has 0 fully saturated rings. The number of amides is 1. The molecule has 0 aliphatic rings. The lowest BCUT2D eigenvalue weighted by Gasteiger charge is -2.05. The number of nitrogens with zero attached hydrogens (tertiary/aromatic N) is 2. The van der Waals surface area contributed by atoms with E-state index < -0.39 is 18.2 Å². The second-order valence-electron chi connectivity index (χ2n) is 3.85. The minimum absolute atomic E-state index is 0.200. The lowest BCUT2D eigenvalue weighted by Crippen LogP contribution is -2.13. The number of halogens is 3. The molecule has 0 unspecified atom stereocenters. The van der Waals surface area contributed by atoms with E-state index in [-0.39, 0.29) is 18.0 Å². The Kier molecular flexibility index (Phi) is 4.10. The number of hydrogen-bond donors (Lipinski definition) is 1. The largest absolute Gasteiger partial charge is 0.471 e. The first-order valence-electron chi connectivity index (χ1n) is 5.85. The van der Waals surface area contributed by atoms with Crippen molar-refractivity contribution in [1.29, 1.82) is 0 Å². The van der Waals surface area contributed by atoms with Gasteiger partial charge in [-0.2, -0.15) is 18.2 Å². The summed E-state index contributed by atoms with van der Waals surface area (Å²) in [6, 6.07) is 5.97. The monoisotopic (exact) mass is 301 g/mol. The van der Waals surface area contributed by atoms with E-state index in [1.54, 1.807) is 13.0 Å². The molecule has 0 saturated carbocycles. The number of rotatable bonds is 3. The van der Waals surface area contributed by atoms with Gasteiger partial charge in [-0.3, -0.25) is 5.32 Å². The summed E-state index contributed by atoms with van der Waals surface area (Å²) in [7, 11) is 0. The molecule has 1 aromatic heterocycles. The number of carbonyl (C=O) groups excluding carboxylic acids is 1. The molecule has 0 radical (unpaired) electrons. The third-order valence-corrected chi connectivity index (χ3v) is 2.31. The zero-order valence-electron chi connectivity index (χ0n) is 10.8. The number of hydrogen-bond acceptors (Lipinski definition) is 5. The summed E-state index contributed by atoms with van der Waals surface area (Å²) in [6.07, 6.45) is -5.37. The average Bonchev–Trinajstić information content (AvgIpc) is 2.88. The number of ether oxygens (including phenoxy) is 1. The maximum atomic E-state index is 12.4. The summed E-state index contributed by atoms with van der Waals surface area (Å²) < 4.78 is 46.0. The fraction of sp³-hybridized carbons (Fsp3) is 0.250. The van der Waals surface area contributed by atoms with Gasteiger partial charge in [0.05, 0.1) is 6.61 Å². The lowest BCUT2D eigenvalue weighted by molar-refractivity contribution is -0.159. The molecule has 0 atom stereocenters. The van der Waals surface area contributed by atoms with Crippen LogP contribution >= 0.6 is 0 Å². The normalized spacial score (nSPS) is 11.2. The predicted octanol–water partition coefficient (Wildman–Crippen LogP) is 3.32. The van der Waals surface area contributed by atoms with Crippen molar-refractivity contribution in [3.63, 3.8) is 0 Å². The summed E-state index contributed by atoms with van der Waals surface area (Å²) in [5.41, 5.74) is 0.604. The quantitative estimate of drug-likeness (QED) is 0.941. The summed E-state index contributed by atoms with van der Waals surface area (Å²) in [5, 5.41) is 5.68. The van der Waals surface area contributed by atoms with Gasteiger partial charge in [-0.15, -0.1) is 0 Å². The molecule has 1 heterocycles. The van der Waals surface area contributed by atoms with Crippen LogP contribution in [-0.2, 0) is 10.9 Å². The van der Waals surface area contributed by atoms with Crippen LogP contribution in [0.2, 0.25) is 0 Å². The van der Waals surface area contributed by atoms with Gasteiger partial charge in [-0.05, 0) is 19.1 Å². The Labute approximate surface area is 116 Å². The minimum Gasteiger partial charge on any atom is -0.450 e. The third-order valence-electron chi connectivity index (χ3n) is 2.31. The first kappa shape index (κ1) is 14.8. The van der Waals surface area contributed by atoms with Gasteiger partial charge >= 0.3 is 18.2 Å². The van der Waals surface area contributed by atoms with Gasteiger partial charge in [0.25, 0.3) is 0 Å². The molecule has 2 rings (SSSR count). The van der Waals surface area contributed by atoms with E-state index in [4.69, 9.17) is 4.74 Å². The van der Waals surface area contributed by atoms with Crippen LogP contribution < -0.4 is 5.32 Å². The van der Waals surface area contributed by atoms with Crippen LogP contribution in [0.1, 0.15) is 12.8 Å². The number of nitrogens with one attached hydrogen (secondary N) is 1. The molecule has 1 N–H and O–H groups in total. The summed E-state index contributed by atoms with van der Waals surface area (Å²) in [6.45, 7) is 1.85. The number of aromatic nitrogens is 2. The Bertz CT molecular complexity index is 640. The Balaban J connectivity index is 2.21. The van der Waals surface area contributed by atoms with Crippen LogP contribution in [0.25, 0.3) is 11.4 Å². The zero-order valence-corrected chi connectivity index (χ0v) is 10.8. The topological polar surface area (TPSA) is 77.2 Å². The van der Waals surface area contributed by atoms with E-state index in [1.807, 2.05) is 0 Å². The second-order valence-corrected chi connectivity index (χ2v) is 3.85. The van der Waals surface area contributed by atoms with Crippen LogP contribution in [0.4, 0.5) is 23.7 Å². The Morgan fingerprint density at radius 2 is 2.19 bits per heavy atom. The molecular formula is C12H10F3N3O3. The highest BCUT2D eigenvalue weighted by Crippen LogP contribution is 2.29. The van der Waals surface area contributed by atoms with E-state index >= 15 is 0 Å². The van der Waals surface area contributed by atoms with Crippen LogP contribution in [0.15, 0.2) is 28.8 Å². The van der Waals surface area contributed by atoms with Gasteiger partial charge in [0.15, 0.2) is 0 Å². The third kappa shape index (κ3) is 3.71. The molecule has 0 aliphatic heterocycles. The van der Waals surface area contributed by atoms with E-state index in [1.165, 1.54) is 18.2 Å². The maximum absolute atomic E-state index is 12.4. The molecular weight excluding hydrogens is 291 g/mol. The van der Waals surface area contributed by atoms with Crippen molar-refractivity contribution in [2.75, 3.05) is 11.9 Å². The van der Waals surface area contributed by atoms with Crippen LogP contribution in [0, 0.1) is 0 Å². The fourth-order valence-corrected chi connectivity index (χ4v) is 1.48. The van der Waals surface area contributed by atoms with Crippen molar-refractivity contribution in [3.05, 3.63) is 30.2 Å². The SMILES string of the molecule is CCOC(=O)Nc1cccc(-c2noc(C(F)(F)F)n2)c1. The molecule has 0 aliphatic carbocycles. The Morgan fingerprint density at radius 1 is 1.43 bits per heavy atom. The summed E-state index contributed by atoms with van der Waals surface area (Å²) in [5.74, 6) is -1.66. The highest BCUT2D eigenvalue weighted by atomic mass is 19.4. The molecule has 2 aromatic rings. The van der Waals surface area contributed by atoms with Crippen molar-refractivity contribution >= 4 is 11.8 Å². The smallest absolute Gasteiger partial charge is 0.450 e. The number of carbonyl (C=O) groups is 1. The standard InChI is InChI=1S/C12H10F3N3O3/c1-2-20-11(19)16-8-5-3-4-7(6-8)9-17-10(21-18-9)12(13,14)15/h3-6H,2H2,1H3,(H,16,19). The predicted molar refractivity (Wildman–Crippen MR) is 65.4 cm³/mol. The van der Waals surface area contributed by atoms with E-state index in [0.717, 1.165) is 0 Å². The molecule has 6 nitrogen and oxygen atoms in total. The lowest BCUT2D eigenvalue weighted by atomic mass is 10.2. The van der Waals surface area contributed by atoms with Gasteiger partial charge in [-0.1, -0.05) is 17.3 Å². The maximum Gasteiger partial charge on any atom is 0.471 e. The molecule has 0 bridgehead atoms. The van der Waals surface area contributed by atoms with Crippen LogP contribution in [-0.4, -0.2) is 22.8 Å². The second kappa shape index (κ2) is 5.81. The molecule has 0 spiro atoms. The first-order chi connectivity index (χ1) is 9.90. The van der Waals surface area contributed by atoms with Crippen molar-refractivity contribution in [2.24, 2.45) is 0 Å². The molecule has 21 heavy (non-hydrogen) atoms. The van der Waals surface area contributed by atoms with E-state index in [2.05, 4.69) is 20.0 Å². The minimum atomic E-state index is -4.70. The number of anilines is 1. The molecule has 1 aromatic carbocycles. The number of benzene rings is 1. The fourth-order valence-electron chi connectivity index (χ4n) is 1.48. The summed E-state index contributed by atoms with van der Waals surface area (Å²) in [4.78, 5) is 14.5. The van der Waals surface area contributed by atoms with Crippen LogP contribution in [0.5, 0.6) is 0 Å². The van der Waals surface area contributed by atoms with Crippen molar-refractivity contribution in [2.45, 2.75) is 13.1 Å².